The number of fused-ring (bicyclic) bond motifs is 1. The zero-order valence-corrected chi connectivity index (χ0v) is 16.4. The van der Waals surface area contributed by atoms with Crippen LogP contribution in [0.4, 0.5) is 10.2 Å². The summed E-state index contributed by atoms with van der Waals surface area (Å²) in [5.41, 5.74) is 3.23. The van der Waals surface area contributed by atoms with Gasteiger partial charge in [-0.25, -0.2) is 9.37 Å². The maximum absolute atomic E-state index is 14.0. The molecule has 0 unspecified atom stereocenters. The van der Waals surface area contributed by atoms with Gasteiger partial charge in [-0.2, -0.15) is 9.78 Å². The Hall–Kier alpha value is -3.06. The second-order valence-corrected chi connectivity index (χ2v) is 7.57. The number of aromatic nitrogens is 3. The Bertz CT molecular complexity index is 1150. The molecule has 0 aliphatic rings. The number of aryl methyl sites for hydroxylation is 2. The Balaban J connectivity index is 1.58. The van der Waals surface area contributed by atoms with Gasteiger partial charge in [0.05, 0.1) is 16.8 Å². The first-order valence-corrected chi connectivity index (χ1v) is 9.85. The van der Waals surface area contributed by atoms with Gasteiger partial charge in [-0.3, -0.25) is 4.79 Å². The molecular weight excluding hydrogens is 375 g/mol. The van der Waals surface area contributed by atoms with E-state index in [4.69, 9.17) is 0 Å². The number of nitrogens with zero attached hydrogens (tertiary/aromatic N) is 3. The molecule has 0 saturated heterocycles. The molecular formula is C21H19FN4OS. The lowest BCUT2D eigenvalue weighted by molar-refractivity contribution is -0.115. The molecule has 1 amide bonds. The predicted molar refractivity (Wildman–Crippen MR) is 110 cm³/mol. The second kappa shape index (κ2) is 7.52. The van der Waals surface area contributed by atoms with Gasteiger partial charge in [0.1, 0.15) is 17.2 Å². The molecule has 28 heavy (non-hydrogen) atoms. The molecule has 2 aromatic carbocycles. The second-order valence-electron chi connectivity index (χ2n) is 6.56. The Morgan fingerprint density at radius 1 is 1.18 bits per heavy atom. The average Bonchev–Trinajstić information content (AvgIpc) is 3.26. The predicted octanol–water partition coefficient (Wildman–Crippen LogP) is 4.67. The van der Waals surface area contributed by atoms with Gasteiger partial charge in [-0.15, -0.1) is 0 Å². The van der Waals surface area contributed by atoms with Crippen LogP contribution >= 0.6 is 11.3 Å². The highest BCUT2D eigenvalue weighted by Gasteiger charge is 2.16. The van der Waals surface area contributed by atoms with E-state index >= 15 is 0 Å². The van der Waals surface area contributed by atoms with E-state index in [0.717, 1.165) is 22.4 Å². The first-order valence-electron chi connectivity index (χ1n) is 9.03. The summed E-state index contributed by atoms with van der Waals surface area (Å²) in [6, 6.07) is 14.6. The van der Waals surface area contributed by atoms with Crippen LogP contribution in [0.1, 0.15) is 23.7 Å². The minimum atomic E-state index is -0.370. The summed E-state index contributed by atoms with van der Waals surface area (Å²) in [5.74, 6) is 0.00909. The van der Waals surface area contributed by atoms with Crippen molar-refractivity contribution in [2.75, 3.05) is 5.32 Å². The molecule has 0 aliphatic heterocycles. The molecule has 142 valence electrons. The van der Waals surface area contributed by atoms with Gasteiger partial charge in [-0.1, -0.05) is 48.6 Å². The minimum absolute atomic E-state index is 0.141. The maximum atomic E-state index is 14.0. The van der Waals surface area contributed by atoms with E-state index in [0.29, 0.717) is 16.5 Å². The number of benzene rings is 2. The van der Waals surface area contributed by atoms with Gasteiger partial charge in [-0.05, 0) is 36.6 Å². The van der Waals surface area contributed by atoms with Crippen molar-refractivity contribution in [3.8, 4) is 5.13 Å². The van der Waals surface area contributed by atoms with E-state index in [1.165, 1.54) is 23.0 Å². The minimum Gasteiger partial charge on any atom is -0.310 e. The van der Waals surface area contributed by atoms with E-state index in [1.54, 1.807) is 16.8 Å². The van der Waals surface area contributed by atoms with Crippen LogP contribution in [0.25, 0.3) is 15.3 Å². The number of rotatable bonds is 5. The number of para-hydroxylation sites is 1. The Morgan fingerprint density at radius 2 is 1.93 bits per heavy atom. The number of amides is 1. The summed E-state index contributed by atoms with van der Waals surface area (Å²) in [7, 11) is 0. The molecule has 4 aromatic rings. The fourth-order valence-corrected chi connectivity index (χ4v) is 3.94. The number of anilines is 1. The van der Waals surface area contributed by atoms with Crippen molar-refractivity contribution in [3.05, 3.63) is 71.2 Å². The molecule has 4 rings (SSSR count). The standard InChI is InChI=1S/C21H19FN4OS/c1-3-14-7-9-15(10-8-14)12-19(27)23-18-11-13(2)25-26(18)21-24-20-16(22)5-4-6-17(20)28-21/h4-11H,3,12H2,1-2H3,(H,23,27). The molecule has 0 fully saturated rings. The molecule has 0 aliphatic carbocycles. The number of nitrogens with one attached hydrogen (secondary N) is 1. The summed E-state index contributed by atoms with van der Waals surface area (Å²) < 4.78 is 16.3. The normalized spacial score (nSPS) is 11.1. The third-order valence-electron chi connectivity index (χ3n) is 4.43. The summed E-state index contributed by atoms with van der Waals surface area (Å²) in [4.78, 5) is 16.9. The van der Waals surface area contributed by atoms with Crippen LogP contribution in [0.3, 0.4) is 0 Å². The highest BCUT2D eigenvalue weighted by molar-refractivity contribution is 7.20. The van der Waals surface area contributed by atoms with Gasteiger partial charge in [0.15, 0.2) is 0 Å². The molecule has 0 saturated carbocycles. The summed E-state index contributed by atoms with van der Waals surface area (Å²) >= 11 is 1.33. The Labute approximate surface area is 165 Å². The summed E-state index contributed by atoms with van der Waals surface area (Å²) in [5, 5.41) is 7.83. The third-order valence-corrected chi connectivity index (χ3v) is 5.43. The van der Waals surface area contributed by atoms with Gasteiger partial charge in [0, 0.05) is 6.07 Å². The van der Waals surface area contributed by atoms with Gasteiger partial charge in [0.25, 0.3) is 0 Å². The lowest BCUT2D eigenvalue weighted by Gasteiger charge is -2.07. The highest BCUT2D eigenvalue weighted by atomic mass is 32.1. The lowest BCUT2D eigenvalue weighted by Crippen LogP contribution is -2.17. The van der Waals surface area contributed by atoms with Crippen molar-refractivity contribution in [2.24, 2.45) is 0 Å². The first kappa shape index (κ1) is 18.3. The third kappa shape index (κ3) is 3.66. The average molecular weight is 394 g/mol. The van der Waals surface area contributed by atoms with Crippen LogP contribution in [0.5, 0.6) is 0 Å². The summed E-state index contributed by atoms with van der Waals surface area (Å²) in [6.45, 7) is 3.93. The highest BCUT2D eigenvalue weighted by Crippen LogP contribution is 2.28. The van der Waals surface area contributed by atoms with Gasteiger partial charge in [0.2, 0.25) is 11.0 Å². The SMILES string of the molecule is CCc1ccc(CC(=O)Nc2cc(C)nn2-c2nc3c(F)cccc3s2)cc1. The largest absolute Gasteiger partial charge is 0.310 e. The van der Waals surface area contributed by atoms with E-state index in [2.05, 4.69) is 22.3 Å². The molecule has 7 heteroatoms. The lowest BCUT2D eigenvalue weighted by atomic mass is 10.1. The van der Waals surface area contributed by atoms with Crippen molar-refractivity contribution >= 4 is 33.3 Å². The number of hydrogen-bond donors (Lipinski definition) is 1. The van der Waals surface area contributed by atoms with Crippen molar-refractivity contribution < 1.29 is 9.18 Å². The van der Waals surface area contributed by atoms with Gasteiger partial charge >= 0.3 is 0 Å². The molecule has 1 N–H and O–H groups in total. The summed E-state index contributed by atoms with van der Waals surface area (Å²) in [6.07, 6.45) is 1.23. The van der Waals surface area contributed by atoms with Crippen molar-refractivity contribution in [1.82, 2.24) is 14.8 Å². The first-order chi connectivity index (χ1) is 13.5. The van der Waals surface area contributed by atoms with E-state index in [1.807, 2.05) is 37.3 Å². The molecule has 0 spiro atoms. The maximum Gasteiger partial charge on any atom is 0.229 e. The molecule has 5 nitrogen and oxygen atoms in total. The van der Waals surface area contributed by atoms with Crippen LogP contribution in [0.15, 0.2) is 48.5 Å². The molecule has 0 atom stereocenters. The molecule has 0 bridgehead atoms. The monoisotopic (exact) mass is 394 g/mol. The fourth-order valence-electron chi connectivity index (χ4n) is 2.99. The van der Waals surface area contributed by atoms with Crippen molar-refractivity contribution in [2.45, 2.75) is 26.7 Å². The molecule has 2 aromatic heterocycles. The number of carbonyl (C=O) groups is 1. The van der Waals surface area contributed by atoms with Crippen LogP contribution < -0.4 is 5.32 Å². The Morgan fingerprint density at radius 3 is 2.64 bits per heavy atom. The number of halogens is 1. The van der Waals surface area contributed by atoms with E-state index < -0.39 is 0 Å². The zero-order chi connectivity index (χ0) is 19.7. The molecule has 0 radical (unpaired) electrons. The molecule has 2 heterocycles. The topological polar surface area (TPSA) is 59.8 Å². The Kier molecular flexibility index (Phi) is 4.92. The van der Waals surface area contributed by atoms with Crippen molar-refractivity contribution in [3.63, 3.8) is 0 Å². The van der Waals surface area contributed by atoms with Crippen LogP contribution in [-0.2, 0) is 17.6 Å². The van der Waals surface area contributed by atoms with E-state index in [9.17, 15) is 9.18 Å². The zero-order valence-electron chi connectivity index (χ0n) is 15.6. The number of hydrogen-bond acceptors (Lipinski definition) is 4. The van der Waals surface area contributed by atoms with Gasteiger partial charge < -0.3 is 5.32 Å². The van der Waals surface area contributed by atoms with E-state index in [-0.39, 0.29) is 18.1 Å². The quantitative estimate of drug-likeness (QED) is 0.535. The fraction of sp³-hybridized carbons (Fsp3) is 0.190. The van der Waals surface area contributed by atoms with Crippen LogP contribution in [0, 0.1) is 12.7 Å². The van der Waals surface area contributed by atoms with Crippen LogP contribution in [-0.4, -0.2) is 20.7 Å². The van der Waals surface area contributed by atoms with Crippen molar-refractivity contribution in [1.29, 1.82) is 0 Å². The number of carbonyl (C=O) groups excluding carboxylic acids is 1. The number of thiazole rings is 1. The van der Waals surface area contributed by atoms with Crippen LogP contribution in [0.2, 0.25) is 0 Å². The smallest absolute Gasteiger partial charge is 0.229 e.